The molecule has 1 atom stereocenters. The summed E-state index contributed by atoms with van der Waals surface area (Å²) in [6.07, 6.45) is 7.59. The van der Waals surface area contributed by atoms with Crippen molar-refractivity contribution in [1.29, 1.82) is 0 Å². The average Bonchev–Trinajstić information content (AvgIpc) is 2.88. The number of carboxylic acids is 1. The molecule has 0 bridgehead atoms. The summed E-state index contributed by atoms with van der Waals surface area (Å²) in [4.78, 5) is 26.7. The van der Waals surface area contributed by atoms with Crippen LogP contribution in [0.25, 0.3) is 0 Å². The second-order valence-electron chi connectivity index (χ2n) is 5.86. The zero-order valence-corrected chi connectivity index (χ0v) is 11.7. The van der Waals surface area contributed by atoms with Gasteiger partial charge in [-0.15, -0.1) is 0 Å². The molecule has 2 rings (SSSR count). The van der Waals surface area contributed by atoms with Crippen molar-refractivity contribution in [2.24, 2.45) is 5.92 Å². The van der Waals surface area contributed by atoms with E-state index in [-0.39, 0.29) is 6.03 Å². The summed E-state index contributed by atoms with van der Waals surface area (Å²) in [6.45, 7) is 1.34. The third-order valence-electron chi connectivity index (χ3n) is 4.37. The number of aliphatic carboxylic acids is 1. The minimum atomic E-state index is -0.878. The molecule has 5 nitrogen and oxygen atoms in total. The lowest BCUT2D eigenvalue weighted by Crippen LogP contribution is -2.47. The van der Waals surface area contributed by atoms with Crippen molar-refractivity contribution in [2.75, 3.05) is 20.1 Å². The first-order valence-corrected chi connectivity index (χ1v) is 7.34. The van der Waals surface area contributed by atoms with Crippen molar-refractivity contribution >= 4 is 12.0 Å². The first-order valence-electron chi connectivity index (χ1n) is 7.34. The molecule has 1 N–H and O–H groups in total. The van der Waals surface area contributed by atoms with Crippen LogP contribution in [0, 0.1) is 5.92 Å². The van der Waals surface area contributed by atoms with Crippen LogP contribution in [0.2, 0.25) is 0 Å². The number of rotatable bonds is 3. The highest BCUT2D eigenvalue weighted by molar-refractivity contribution is 5.83. The van der Waals surface area contributed by atoms with Gasteiger partial charge in [0.05, 0.1) is 0 Å². The van der Waals surface area contributed by atoms with E-state index < -0.39 is 12.0 Å². The van der Waals surface area contributed by atoms with E-state index in [0.29, 0.717) is 18.9 Å². The number of urea groups is 1. The maximum absolute atomic E-state index is 12.3. The van der Waals surface area contributed by atoms with Gasteiger partial charge in [0.15, 0.2) is 0 Å². The summed E-state index contributed by atoms with van der Waals surface area (Å²) in [6, 6.07) is -0.739. The predicted octanol–water partition coefficient (Wildman–Crippen LogP) is 2.17. The van der Waals surface area contributed by atoms with Crippen LogP contribution >= 0.6 is 0 Å². The fourth-order valence-corrected chi connectivity index (χ4v) is 3.31. The summed E-state index contributed by atoms with van der Waals surface area (Å²) < 4.78 is 0. The predicted molar refractivity (Wildman–Crippen MR) is 72.0 cm³/mol. The number of hydrogen-bond donors (Lipinski definition) is 1. The molecule has 19 heavy (non-hydrogen) atoms. The van der Waals surface area contributed by atoms with Crippen LogP contribution in [0.15, 0.2) is 0 Å². The lowest BCUT2D eigenvalue weighted by atomic mass is 9.89. The quantitative estimate of drug-likeness (QED) is 0.853. The number of carbonyl (C=O) groups is 2. The largest absolute Gasteiger partial charge is 0.480 e. The Kier molecular flexibility index (Phi) is 4.66. The number of hydrogen-bond acceptors (Lipinski definition) is 2. The van der Waals surface area contributed by atoms with Gasteiger partial charge in [-0.1, -0.05) is 19.3 Å². The minimum absolute atomic E-state index is 0.115. The Hall–Kier alpha value is -1.26. The molecule has 1 aliphatic carbocycles. The van der Waals surface area contributed by atoms with Gasteiger partial charge < -0.3 is 14.9 Å². The number of carbonyl (C=O) groups excluding carboxylic acids is 1. The van der Waals surface area contributed by atoms with Crippen LogP contribution < -0.4 is 0 Å². The van der Waals surface area contributed by atoms with E-state index in [0.717, 1.165) is 13.0 Å². The summed E-state index contributed by atoms with van der Waals surface area (Å²) in [5.41, 5.74) is 0. The van der Waals surface area contributed by atoms with E-state index in [1.807, 2.05) is 0 Å². The standard InChI is InChI=1S/C14H24N2O3/c1-15(10-11-6-3-2-4-7-11)14(19)16-9-5-8-12(16)13(17)18/h11-12H,2-10H2,1H3,(H,17,18)/t12-/m1/s1. The lowest BCUT2D eigenvalue weighted by molar-refractivity contribution is -0.141. The normalized spacial score (nSPS) is 24.5. The van der Waals surface area contributed by atoms with E-state index >= 15 is 0 Å². The number of likely N-dealkylation sites (tertiary alicyclic amines) is 1. The summed E-state index contributed by atoms with van der Waals surface area (Å²) in [5, 5.41) is 9.12. The minimum Gasteiger partial charge on any atom is -0.480 e. The molecule has 1 saturated heterocycles. The number of nitrogens with zero attached hydrogens (tertiary/aromatic N) is 2. The monoisotopic (exact) mass is 268 g/mol. The Bertz CT molecular complexity index is 340. The van der Waals surface area contributed by atoms with Gasteiger partial charge in [0.2, 0.25) is 0 Å². The molecule has 108 valence electrons. The molecule has 1 saturated carbocycles. The van der Waals surface area contributed by atoms with Crippen molar-refractivity contribution in [3.05, 3.63) is 0 Å². The van der Waals surface area contributed by atoms with Crippen LogP contribution in [-0.2, 0) is 4.79 Å². The van der Waals surface area contributed by atoms with Crippen LogP contribution in [0.5, 0.6) is 0 Å². The Balaban J connectivity index is 1.89. The fraction of sp³-hybridized carbons (Fsp3) is 0.857. The number of carboxylic acid groups (broad SMARTS) is 1. The van der Waals surface area contributed by atoms with Crippen LogP contribution in [0.4, 0.5) is 4.79 Å². The molecule has 2 amide bonds. The molecular formula is C14H24N2O3. The van der Waals surface area contributed by atoms with Crippen LogP contribution in [0.3, 0.4) is 0 Å². The van der Waals surface area contributed by atoms with Crippen LogP contribution in [0.1, 0.15) is 44.9 Å². The van der Waals surface area contributed by atoms with E-state index in [1.54, 1.807) is 11.9 Å². The average molecular weight is 268 g/mol. The second-order valence-corrected chi connectivity index (χ2v) is 5.86. The maximum atomic E-state index is 12.3. The summed E-state index contributed by atoms with van der Waals surface area (Å²) >= 11 is 0. The molecule has 2 fully saturated rings. The molecule has 0 spiro atoms. The highest BCUT2D eigenvalue weighted by Gasteiger charge is 2.35. The molecule has 0 aromatic rings. The van der Waals surface area contributed by atoms with Crippen molar-refractivity contribution in [1.82, 2.24) is 9.80 Å². The summed E-state index contributed by atoms with van der Waals surface area (Å²) in [5.74, 6) is -0.287. The molecule has 5 heteroatoms. The van der Waals surface area contributed by atoms with Crippen molar-refractivity contribution < 1.29 is 14.7 Å². The van der Waals surface area contributed by atoms with Crippen molar-refractivity contribution in [2.45, 2.75) is 51.0 Å². The van der Waals surface area contributed by atoms with Gasteiger partial charge in [-0.2, -0.15) is 0 Å². The van der Waals surface area contributed by atoms with E-state index in [9.17, 15) is 9.59 Å². The smallest absolute Gasteiger partial charge is 0.326 e. The van der Waals surface area contributed by atoms with E-state index in [1.165, 1.54) is 37.0 Å². The second kappa shape index (κ2) is 6.26. The van der Waals surface area contributed by atoms with Crippen molar-refractivity contribution in [3.8, 4) is 0 Å². The first kappa shape index (κ1) is 14.2. The Morgan fingerprint density at radius 1 is 1.16 bits per heavy atom. The SMILES string of the molecule is CN(CC1CCCCC1)C(=O)N1CCC[C@@H]1C(=O)O. The Morgan fingerprint density at radius 2 is 1.84 bits per heavy atom. The molecule has 0 aromatic carbocycles. The topological polar surface area (TPSA) is 60.9 Å². The van der Waals surface area contributed by atoms with Crippen molar-refractivity contribution in [3.63, 3.8) is 0 Å². The van der Waals surface area contributed by atoms with Crippen LogP contribution in [-0.4, -0.2) is 53.1 Å². The zero-order chi connectivity index (χ0) is 13.8. The summed E-state index contributed by atoms with van der Waals surface area (Å²) in [7, 11) is 1.80. The third-order valence-corrected chi connectivity index (χ3v) is 4.37. The molecule has 0 unspecified atom stereocenters. The van der Waals surface area contributed by atoms with E-state index in [2.05, 4.69) is 0 Å². The zero-order valence-electron chi connectivity index (χ0n) is 11.7. The Morgan fingerprint density at radius 3 is 2.47 bits per heavy atom. The highest BCUT2D eigenvalue weighted by Crippen LogP contribution is 2.25. The molecule has 0 aromatic heterocycles. The molecule has 1 heterocycles. The first-order chi connectivity index (χ1) is 9.09. The molecule has 2 aliphatic rings. The van der Waals surface area contributed by atoms with Gasteiger partial charge in [0.1, 0.15) is 6.04 Å². The van der Waals surface area contributed by atoms with E-state index in [4.69, 9.17) is 5.11 Å². The molecule has 0 radical (unpaired) electrons. The Labute approximate surface area is 114 Å². The van der Waals surface area contributed by atoms with Gasteiger partial charge in [0.25, 0.3) is 0 Å². The molecule has 1 aliphatic heterocycles. The molecular weight excluding hydrogens is 244 g/mol. The van der Waals surface area contributed by atoms with Gasteiger partial charge in [0, 0.05) is 20.1 Å². The van der Waals surface area contributed by atoms with Gasteiger partial charge in [-0.3, -0.25) is 0 Å². The lowest BCUT2D eigenvalue weighted by Gasteiger charge is -2.31. The van der Waals surface area contributed by atoms with Gasteiger partial charge in [-0.05, 0) is 31.6 Å². The fourth-order valence-electron chi connectivity index (χ4n) is 3.31. The maximum Gasteiger partial charge on any atom is 0.326 e. The third kappa shape index (κ3) is 3.39. The number of amides is 2. The van der Waals surface area contributed by atoms with Gasteiger partial charge >= 0.3 is 12.0 Å². The van der Waals surface area contributed by atoms with Gasteiger partial charge in [-0.25, -0.2) is 9.59 Å². The highest BCUT2D eigenvalue weighted by atomic mass is 16.4.